The third kappa shape index (κ3) is 2.41. The standard InChI is InChI=1S/C25H19NS/c26-20-16-14-19(15-17-20)25(18-8-2-1-3-9-18)21-10-4-6-12-23(21)27-24-13-7-5-11-22(24)25/h1-17H,26H2. The maximum Gasteiger partial charge on any atom is 0.0723 e. The van der Waals surface area contributed by atoms with Crippen LogP contribution >= 0.6 is 11.8 Å². The van der Waals surface area contributed by atoms with Gasteiger partial charge in [-0.05, 0) is 46.5 Å². The maximum absolute atomic E-state index is 6.02. The van der Waals surface area contributed by atoms with E-state index in [9.17, 15) is 0 Å². The van der Waals surface area contributed by atoms with E-state index in [-0.39, 0.29) is 5.41 Å². The van der Waals surface area contributed by atoms with Crippen LogP contribution in [0.3, 0.4) is 0 Å². The van der Waals surface area contributed by atoms with Crippen LogP contribution in [0.5, 0.6) is 0 Å². The zero-order chi connectivity index (χ0) is 18.3. The molecule has 0 radical (unpaired) electrons. The Bertz CT molecular complexity index is 1050. The second kappa shape index (κ2) is 6.33. The summed E-state index contributed by atoms with van der Waals surface area (Å²) in [5, 5.41) is 0. The zero-order valence-electron chi connectivity index (χ0n) is 14.8. The summed E-state index contributed by atoms with van der Waals surface area (Å²) in [7, 11) is 0. The van der Waals surface area contributed by atoms with E-state index in [2.05, 4.69) is 91.0 Å². The summed E-state index contributed by atoms with van der Waals surface area (Å²) >= 11 is 1.85. The fourth-order valence-electron chi connectivity index (χ4n) is 4.20. The van der Waals surface area contributed by atoms with E-state index in [1.54, 1.807) is 0 Å². The van der Waals surface area contributed by atoms with Crippen molar-refractivity contribution in [1.82, 2.24) is 0 Å². The van der Waals surface area contributed by atoms with E-state index in [0.29, 0.717) is 0 Å². The molecule has 0 fully saturated rings. The first-order chi connectivity index (χ1) is 13.3. The molecule has 0 bridgehead atoms. The van der Waals surface area contributed by atoms with Crippen molar-refractivity contribution in [3.63, 3.8) is 0 Å². The quantitative estimate of drug-likeness (QED) is 0.382. The number of benzene rings is 4. The molecule has 0 saturated heterocycles. The third-order valence-corrected chi connectivity index (χ3v) is 6.50. The van der Waals surface area contributed by atoms with Crippen molar-refractivity contribution in [2.75, 3.05) is 5.73 Å². The molecule has 0 saturated carbocycles. The summed E-state index contributed by atoms with van der Waals surface area (Å²) in [5.74, 6) is 0. The molecule has 1 nitrogen and oxygen atoms in total. The highest BCUT2D eigenvalue weighted by molar-refractivity contribution is 7.99. The molecule has 2 heteroatoms. The van der Waals surface area contributed by atoms with Crippen LogP contribution in [0.2, 0.25) is 0 Å². The molecular weight excluding hydrogens is 346 g/mol. The van der Waals surface area contributed by atoms with Crippen LogP contribution in [0.25, 0.3) is 0 Å². The van der Waals surface area contributed by atoms with Crippen molar-refractivity contribution >= 4 is 17.4 Å². The minimum atomic E-state index is -0.354. The van der Waals surface area contributed by atoms with Crippen LogP contribution in [0.15, 0.2) is 113 Å². The fraction of sp³-hybridized carbons (Fsp3) is 0.0400. The smallest absolute Gasteiger partial charge is 0.0723 e. The largest absolute Gasteiger partial charge is 0.399 e. The molecule has 1 heterocycles. The van der Waals surface area contributed by atoms with Crippen molar-refractivity contribution in [2.24, 2.45) is 0 Å². The molecule has 4 aromatic carbocycles. The predicted molar refractivity (Wildman–Crippen MR) is 113 cm³/mol. The minimum Gasteiger partial charge on any atom is -0.399 e. The van der Waals surface area contributed by atoms with Gasteiger partial charge in [-0.25, -0.2) is 0 Å². The first-order valence-corrected chi connectivity index (χ1v) is 9.90. The first-order valence-electron chi connectivity index (χ1n) is 9.08. The number of fused-ring (bicyclic) bond motifs is 2. The second-order valence-electron chi connectivity index (χ2n) is 6.83. The van der Waals surface area contributed by atoms with Gasteiger partial charge < -0.3 is 5.73 Å². The van der Waals surface area contributed by atoms with Crippen LogP contribution < -0.4 is 5.73 Å². The Hall–Kier alpha value is -2.97. The lowest BCUT2D eigenvalue weighted by atomic mass is 9.65. The van der Waals surface area contributed by atoms with Gasteiger partial charge in [-0.1, -0.05) is 90.6 Å². The van der Waals surface area contributed by atoms with Gasteiger partial charge >= 0.3 is 0 Å². The van der Waals surface area contributed by atoms with E-state index < -0.39 is 0 Å². The Morgan fingerprint density at radius 1 is 0.519 bits per heavy atom. The molecule has 5 rings (SSSR count). The Balaban J connectivity index is 1.95. The fourth-order valence-corrected chi connectivity index (χ4v) is 5.40. The van der Waals surface area contributed by atoms with Crippen LogP contribution in [0.4, 0.5) is 5.69 Å². The molecule has 1 aliphatic heterocycles. The summed E-state index contributed by atoms with van der Waals surface area (Å²) < 4.78 is 0. The third-order valence-electron chi connectivity index (χ3n) is 5.35. The number of nitrogens with two attached hydrogens (primary N) is 1. The lowest BCUT2D eigenvalue weighted by molar-refractivity contribution is 0.703. The highest BCUT2D eigenvalue weighted by Gasteiger charge is 2.43. The van der Waals surface area contributed by atoms with Gasteiger partial charge in [0, 0.05) is 15.5 Å². The van der Waals surface area contributed by atoms with Crippen molar-refractivity contribution in [1.29, 1.82) is 0 Å². The SMILES string of the molecule is Nc1ccc(C2(c3ccccc3)c3ccccc3Sc3ccccc32)cc1. The number of hydrogen-bond donors (Lipinski definition) is 1. The summed E-state index contributed by atoms with van der Waals surface area (Å²) in [6.07, 6.45) is 0. The van der Waals surface area contributed by atoms with Gasteiger partial charge in [-0.3, -0.25) is 0 Å². The van der Waals surface area contributed by atoms with Gasteiger partial charge in [0.15, 0.2) is 0 Å². The summed E-state index contributed by atoms with van der Waals surface area (Å²) in [4.78, 5) is 2.61. The molecule has 2 N–H and O–H groups in total. The van der Waals surface area contributed by atoms with Crippen LogP contribution in [-0.4, -0.2) is 0 Å². The van der Waals surface area contributed by atoms with Crippen LogP contribution in [-0.2, 0) is 5.41 Å². The molecule has 0 atom stereocenters. The van der Waals surface area contributed by atoms with E-state index in [4.69, 9.17) is 5.73 Å². The molecule has 4 aromatic rings. The van der Waals surface area contributed by atoms with Crippen molar-refractivity contribution < 1.29 is 0 Å². The van der Waals surface area contributed by atoms with Gasteiger partial charge in [0.25, 0.3) is 0 Å². The highest BCUT2D eigenvalue weighted by atomic mass is 32.2. The number of hydrogen-bond acceptors (Lipinski definition) is 2. The van der Waals surface area contributed by atoms with E-state index in [0.717, 1.165) is 5.69 Å². The summed E-state index contributed by atoms with van der Waals surface area (Å²) in [5.41, 5.74) is 11.6. The molecule has 0 unspecified atom stereocenters. The minimum absolute atomic E-state index is 0.354. The molecule has 0 aliphatic carbocycles. The zero-order valence-corrected chi connectivity index (χ0v) is 15.6. The van der Waals surface area contributed by atoms with Crippen molar-refractivity contribution in [2.45, 2.75) is 15.2 Å². The number of rotatable bonds is 2. The van der Waals surface area contributed by atoms with Gasteiger partial charge in [-0.15, -0.1) is 0 Å². The average Bonchev–Trinajstić information content (AvgIpc) is 2.73. The molecular formula is C25H19NS. The normalized spacial score (nSPS) is 14.2. The predicted octanol–water partition coefficient (Wildman–Crippen LogP) is 6.12. The molecule has 1 aliphatic rings. The second-order valence-corrected chi connectivity index (χ2v) is 7.92. The summed E-state index contributed by atoms with van der Waals surface area (Å²) in [6.45, 7) is 0. The molecule has 0 spiro atoms. The van der Waals surface area contributed by atoms with E-state index >= 15 is 0 Å². The lowest BCUT2D eigenvalue weighted by Crippen LogP contribution is -2.34. The van der Waals surface area contributed by atoms with Gasteiger partial charge in [0.1, 0.15) is 0 Å². The average molecular weight is 366 g/mol. The van der Waals surface area contributed by atoms with Gasteiger partial charge in [0.2, 0.25) is 0 Å². The Morgan fingerprint density at radius 3 is 1.59 bits per heavy atom. The lowest BCUT2D eigenvalue weighted by Gasteiger charge is -2.41. The van der Waals surface area contributed by atoms with Gasteiger partial charge in [-0.2, -0.15) is 0 Å². The van der Waals surface area contributed by atoms with Crippen LogP contribution in [0.1, 0.15) is 22.3 Å². The molecule has 0 amide bonds. The Kier molecular flexibility index (Phi) is 3.80. The van der Waals surface area contributed by atoms with Crippen molar-refractivity contribution in [3.8, 4) is 0 Å². The first kappa shape index (κ1) is 16.2. The monoisotopic (exact) mass is 365 g/mol. The molecule has 130 valence electrons. The van der Waals surface area contributed by atoms with E-state index in [1.165, 1.54) is 32.0 Å². The van der Waals surface area contributed by atoms with Crippen molar-refractivity contribution in [3.05, 3.63) is 125 Å². The Labute approximate surface area is 163 Å². The molecule has 27 heavy (non-hydrogen) atoms. The maximum atomic E-state index is 6.02. The van der Waals surface area contributed by atoms with Crippen LogP contribution in [0, 0.1) is 0 Å². The Morgan fingerprint density at radius 2 is 1.00 bits per heavy atom. The number of nitrogen functional groups attached to an aromatic ring is 1. The summed E-state index contributed by atoms with van der Waals surface area (Å²) in [6, 6.07) is 36.7. The molecule has 0 aromatic heterocycles. The van der Waals surface area contributed by atoms with Gasteiger partial charge in [0.05, 0.1) is 5.41 Å². The van der Waals surface area contributed by atoms with E-state index in [1.807, 2.05) is 23.9 Å². The topological polar surface area (TPSA) is 26.0 Å². The highest BCUT2D eigenvalue weighted by Crippen LogP contribution is 2.55. The number of anilines is 1.